The van der Waals surface area contributed by atoms with Crippen LogP contribution in [0.5, 0.6) is 5.75 Å². The van der Waals surface area contributed by atoms with Crippen LogP contribution in [0.1, 0.15) is 38.5 Å². The van der Waals surface area contributed by atoms with Crippen LogP contribution in [0.25, 0.3) is 10.8 Å². The number of rotatable bonds is 2. The van der Waals surface area contributed by atoms with Crippen LogP contribution >= 0.6 is 27.5 Å². The Morgan fingerprint density at radius 2 is 1.72 bits per heavy atom. The Bertz CT molecular complexity index is 863. The van der Waals surface area contributed by atoms with E-state index in [4.69, 9.17) is 16.3 Å². The van der Waals surface area contributed by atoms with Gasteiger partial charge in [0, 0.05) is 9.35 Å². The summed E-state index contributed by atoms with van der Waals surface area (Å²) >= 11 is 10.3. The molecule has 2 aromatic rings. The van der Waals surface area contributed by atoms with Crippen molar-refractivity contribution < 1.29 is 9.53 Å². The fraction of sp³-hybridized carbons (Fsp3) is 0.476. The molecule has 4 fully saturated rings. The molecule has 0 saturated heterocycles. The average Bonchev–Trinajstić information content (AvgIpc) is 2.52. The van der Waals surface area contributed by atoms with Gasteiger partial charge in [-0.3, -0.25) is 4.79 Å². The summed E-state index contributed by atoms with van der Waals surface area (Å²) in [5.74, 6) is 1.77. The van der Waals surface area contributed by atoms with Crippen molar-refractivity contribution in [1.82, 2.24) is 0 Å². The molecule has 4 saturated carbocycles. The number of fused-ring (bicyclic) bond motifs is 1. The van der Waals surface area contributed by atoms with Gasteiger partial charge in [-0.1, -0.05) is 28.1 Å². The fourth-order valence-corrected chi connectivity index (χ4v) is 6.93. The summed E-state index contributed by atoms with van der Waals surface area (Å²) in [6.45, 7) is 0. The molecule has 4 atom stereocenters. The third-order valence-corrected chi connectivity index (χ3v) is 7.34. The second kappa shape index (κ2) is 5.47. The minimum absolute atomic E-state index is 0.0666. The van der Waals surface area contributed by atoms with Gasteiger partial charge >= 0.3 is 5.97 Å². The van der Waals surface area contributed by atoms with Crippen molar-refractivity contribution in [2.45, 2.75) is 43.4 Å². The van der Waals surface area contributed by atoms with Crippen LogP contribution in [0.2, 0.25) is 0 Å². The van der Waals surface area contributed by atoms with Gasteiger partial charge < -0.3 is 4.74 Å². The monoisotopic (exact) mass is 418 g/mol. The highest BCUT2D eigenvalue weighted by Gasteiger charge is 2.60. The van der Waals surface area contributed by atoms with Crippen molar-refractivity contribution in [1.29, 1.82) is 0 Å². The molecule has 4 aliphatic carbocycles. The molecule has 0 radical (unpaired) electrons. The second-order valence-corrected chi connectivity index (χ2v) is 10.2. The van der Waals surface area contributed by atoms with Crippen LogP contribution in [-0.2, 0) is 4.79 Å². The van der Waals surface area contributed by atoms with E-state index in [1.54, 1.807) is 0 Å². The quantitative estimate of drug-likeness (QED) is 0.335. The summed E-state index contributed by atoms with van der Waals surface area (Å²) < 4.78 is 6.92. The van der Waals surface area contributed by atoms with Crippen molar-refractivity contribution in [3.05, 3.63) is 40.9 Å². The van der Waals surface area contributed by atoms with Crippen LogP contribution in [0, 0.1) is 17.3 Å². The van der Waals surface area contributed by atoms with E-state index in [9.17, 15) is 4.79 Å². The van der Waals surface area contributed by atoms with E-state index in [-0.39, 0.29) is 16.3 Å². The fourth-order valence-electron chi connectivity index (χ4n) is 5.86. The molecule has 6 rings (SSSR count). The maximum absolute atomic E-state index is 13.1. The predicted octanol–water partition coefficient (Wildman–Crippen LogP) is 6.09. The van der Waals surface area contributed by atoms with E-state index >= 15 is 0 Å². The normalized spacial score (nSPS) is 35.9. The zero-order valence-electron chi connectivity index (χ0n) is 13.9. The van der Waals surface area contributed by atoms with Crippen molar-refractivity contribution in [3.8, 4) is 5.75 Å². The largest absolute Gasteiger partial charge is 0.426 e. The number of ether oxygens (including phenoxy) is 1. The number of benzene rings is 2. The molecule has 4 aliphatic rings. The molecular weight excluding hydrogens is 400 g/mol. The molecule has 0 N–H and O–H groups in total. The smallest absolute Gasteiger partial charge is 0.317 e. The molecule has 0 aliphatic heterocycles. The SMILES string of the molecule is O=C(Oc1ccc2cc(Br)ccc2c1)C12C[C@@H]3C[C@@H](CC(Cl)(C3)C1)C2. The number of alkyl halides is 1. The first-order valence-corrected chi connectivity index (χ1v) is 10.2. The van der Waals surface area contributed by atoms with E-state index in [0.29, 0.717) is 17.6 Å². The Morgan fingerprint density at radius 1 is 1.04 bits per heavy atom. The van der Waals surface area contributed by atoms with Crippen molar-refractivity contribution >= 4 is 44.3 Å². The summed E-state index contributed by atoms with van der Waals surface area (Å²) in [5, 5.41) is 2.21. The van der Waals surface area contributed by atoms with E-state index < -0.39 is 0 Å². The van der Waals surface area contributed by atoms with Crippen LogP contribution in [-0.4, -0.2) is 10.8 Å². The van der Waals surface area contributed by atoms with Gasteiger partial charge in [0.25, 0.3) is 0 Å². The number of carbonyl (C=O) groups is 1. The van der Waals surface area contributed by atoms with Crippen molar-refractivity contribution in [2.24, 2.45) is 17.3 Å². The zero-order valence-corrected chi connectivity index (χ0v) is 16.3. The van der Waals surface area contributed by atoms with Crippen LogP contribution < -0.4 is 4.74 Å². The molecule has 0 aromatic heterocycles. The standard InChI is InChI=1S/C21H20BrClO2/c22-17-3-1-16-7-18(4-2-15(16)6-17)25-19(24)20-8-13-5-14(9-20)11-21(23,10-13)12-20/h1-4,6-7,13-14H,5,8-12H2/t13-,14+,20?,21?. The molecule has 2 unspecified atom stereocenters. The van der Waals surface area contributed by atoms with E-state index in [1.165, 1.54) is 6.42 Å². The number of esters is 1. The highest BCUT2D eigenvalue weighted by Crippen LogP contribution is 2.64. The summed E-state index contributed by atoms with van der Waals surface area (Å²) in [5.41, 5.74) is -0.361. The number of halogens is 2. The molecule has 4 heteroatoms. The first-order chi connectivity index (χ1) is 11.9. The lowest BCUT2D eigenvalue weighted by Crippen LogP contribution is -2.56. The zero-order chi connectivity index (χ0) is 17.2. The second-order valence-electron chi connectivity index (χ2n) is 8.44. The lowest BCUT2D eigenvalue weighted by atomic mass is 9.49. The Kier molecular flexibility index (Phi) is 3.53. The van der Waals surface area contributed by atoms with Gasteiger partial charge in [-0.15, -0.1) is 11.6 Å². The van der Waals surface area contributed by atoms with Gasteiger partial charge in [-0.2, -0.15) is 0 Å². The van der Waals surface area contributed by atoms with Crippen molar-refractivity contribution in [2.75, 3.05) is 0 Å². The van der Waals surface area contributed by atoms with Crippen LogP contribution in [0.15, 0.2) is 40.9 Å². The summed E-state index contributed by atoms with van der Waals surface area (Å²) in [6.07, 6.45) is 6.09. The maximum atomic E-state index is 13.1. The summed E-state index contributed by atoms with van der Waals surface area (Å²) in [4.78, 5) is 12.9. The Hall–Kier alpha value is -1.06. The first kappa shape index (κ1) is 16.1. The average molecular weight is 420 g/mol. The highest BCUT2D eigenvalue weighted by atomic mass is 79.9. The molecule has 4 bridgehead atoms. The minimum Gasteiger partial charge on any atom is -0.426 e. The van der Waals surface area contributed by atoms with Crippen molar-refractivity contribution in [3.63, 3.8) is 0 Å². The lowest BCUT2D eigenvalue weighted by molar-refractivity contribution is -0.159. The number of carbonyl (C=O) groups excluding carboxylic acids is 1. The molecule has 0 heterocycles. The van der Waals surface area contributed by atoms with Crippen LogP contribution in [0.4, 0.5) is 0 Å². The van der Waals surface area contributed by atoms with Gasteiger partial charge in [-0.25, -0.2) is 0 Å². The predicted molar refractivity (Wildman–Crippen MR) is 103 cm³/mol. The topological polar surface area (TPSA) is 26.3 Å². The highest BCUT2D eigenvalue weighted by molar-refractivity contribution is 9.10. The molecule has 130 valence electrons. The third-order valence-electron chi connectivity index (χ3n) is 6.41. The van der Waals surface area contributed by atoms with Crippen LogP contribution in [0.3, 0.4) is 0 Å². The summed E-state index contributed by atoms with van der Waals surface area (Å²) in [6, 6.07) is 12.0. The maximum Gasteiger partial charge on any atom is 0.317 e. The van der Waals surface area contributed by atoms with Gasteiger partial charge in [0.05, 0.1) is 5.41 Å². The minimum atomic E-state index is -0.361. The lowest BCUT2D eigenvalue weighted by Gasteiger charge is -2.58. The molecular formula is C21H20BrClO2. The molecule has 0 amide bonds. The van der Waals surface area contributed by atoms with E-state index in [0.717, 1.165) is 47.3 Å². The Labute approximate surface area is 161 Å². The molecule has 0 spiro atoms. The van der Waals surface area contributed by atoms with E-state index in [1.807, 2.05) is 30.3 Å². The third kappa shape index (κ3) is 2.71. The number of hydrogen-bond acceptors (Lipinski definition) is 2. The Morgan fingerprint density at radius 3 is 2.44 bits per heavy atom. The van der Waals surface area contributed by atoms with Gasteiger partial charge in [0.1, 0.15) is 5.75 Å². The van der Waals surface area contributed by atoms with Gasteiger partial charge in [0.2, 0.25) is 0 Å². The first-order valence-electron chi connectivity index (χ1n) is 9.04. The van der Waals surface area contributed by atoms with Gasteiger partial charge in [-0.05, 0) is 85.4 Å². The molecule has 2 nitrogen and oxygen atoms in total. The molecule has 2 aromatic carbocycles. The summed E-state index contributed by atoms with van der Waals surface area (Å²) in [7, 11) is 0. The van der Waals surface area contributed by atoms with E-state index in [2.05, 4.69) is 22.0 Å². The molecule has 25 heavy (non-hydrogen) atoms. The van der Waals surface area contributed by atoms with Gasteiger partial charge in [0.15, 0.2) is 0 Å². The Balaban J connectivity index is 1.43. The number of hydrogen-bond donors (Lipinski definition) is 0.